The molecule has 2 heterocycles. The lowest BCUT2D eigenvalue weighted by molar-refractivity contribution is -0.122. The number of ketones is 1. The number of thioether (sulfide) groups is 1. The molecule has 32 heavy (non-hydrogen) atoms. The van der Waals surface area contributed by atoms with Gasteiger partial charge in [0.25, 0.3) is 5.56 Å². The van der Waals surface area contributed by atoms with Gasteiger partial charge in [-0.1, -0.05) is 12.7 Å². The zero-order valence-corrected chi connectivity index (χ0v) is 20.5. The molecule has 2 aromatic rings. The summed E-state index contributed by atoms with van der Waals surface area (Å²) in [7, 11) is 1.57. The Balaban J connectivity index is 1.80. The molecule has 1 aliphatic heterocycles. The molecule has 172 valence electrons. The molecule has 10 heteroatoms. The van der Waals surface area contributed by atoms with Gasteiger partial charge in [0.1, 0.15) is 6.61 Å². The van der Waals surface area contributed by atoms with E-state index in [0.717, 1.165) is 22.2 Å². The SMILES string of the molecule is C=CCOC(=O)N1CCC[C@@H](OC)[C@@H]1CC(=O)Cn1cnc2cc(Br)c(SC)cc2c1=O. The number of hydrogen-bond acceptors (Lipinski definition) is 7. The number of carbonyl (C=O) groups excluding carboxylic acids is 2. The van der Waals surface area contributed by atoms with E-state index in [1.165, 1.54) is 28.7 Å². The number of benzene rings is 1. The topological polar surface area (TPSA) is 90.7 Å². The van der Waals surface area contributed by atoms with Crippen LogP contribution in [0.2, 0.25) is 0 Å². The first-order chi connectivity index (χ1) is 15.4. The molecular weight excluding hydrogens is 498 g/mol. The van der Waals surface area contributed by atoms with E-state index in [1.54, 1.807) is 24.1 Å². The van der Waals surface area contributed by atoms with Crippen LogP contribution in [0.25, 0.3) is 10.9 Å². The van der Waals surface area contributed by atoms with Crippen molar-refractivity contribution in [1.82, 2.24) is 14.5 Å². The molecule has 1 amide bonds. The fourth-order valence-corrected chi connectivity index (χ4v) is 5.20. The van der Waals surface area contributed by atoms with E-state index in [9.17, 15) is 14.4 Å². The molecule has 8 nitrogen and oxygen atoms in total. The number of nitrogens with zero attached hydrogens (tertiary/aromatic N) is 3. The zero-order valence-electron chi connectivity index (χ0n) is 18.1. The normalized spacial score (nSPS) is 18.5. The van der Waals surface area contributed by atoms with E-state index in [2.05, 4.69) is 27.5 Å². The minimum absolute atomic E-state index is 0.0581. The molecule has 1 fully saturated rings. The molecule has 0 aliphatic carbocycles. The second kappa shape index (κ2) is 11.1. The van der Waals surface area contributed by atoms with Crippen LogP contribution in [0.3, 0.4) is 0 Å². The highest BCUT2D eigenvalue weighted by Crippen LogP contribution is 2.28. The summed E-state index contributed by atoms with van der Waals surface area (Å²) in [6, 6.07) is 3.12. The fourth-order valence-electron chi connectivity index (χ4n) is 3.90. The second-order valence-corrected chi connectivity index (χ2v) is 9.17. The van der Waals surface area contributed by atoms with Crippen molar-refractivity contribution in [2.45, 2.75) is 42.8 Å². The maximum atomic E-state index is 13.0. The Morgan fingerprint density at radius 3 is 2.88 bits per heavy atom. The number of fused-ring (bicyclic) bond motifs is 1. The fraction of sp³-hybridized carbons (Fsp3) is 0.455. The maximum Gasteiger partial charge on any atom is 0.410 e. The zero-order chi connectivity index (χ0) is 23.3. The highest BCUT2D eigenvalue weighted by molar-refractivity contribution is 9.10. The molecule has 3 rings (SSSR count). The molecule has 1 saturated heterocycles. The quantitative estimate of drug-likeness (QED) is 0.385. The van der Waals surface area contributed by atoms with E-state index >= 15 is 0 Å². The minimum atomic E-state index is -0.496. The van der Waals surface area contributed by atoms with E-state index in [1.807, 2.05) is 6.26 Å². The summed E-state index contributed by atoms with van der Waals surface area (Å²) in [4.78, 5) is 45.2. The molecule has 0 spiro atoms. The number of methoxy groups -OCH3 is 1. The predicted octanol–water partition coefficient (Wildman–Crippen LogP) is 3.64. The van der Waals surface area contributed by atoms with Gasteiger partial charge in [0.05, 0.1) is 35.9 Å². The Kier molecular flexibility index (Phi) is 8.50. The van der Waals surface area contributed by atoms with Gasteiger partial charge < -0.3 is 14.4 Å². The Morgan fingerprint density at radius 1 is 1.41 bits per heavy atom. The van der Waals surface area contributed by atoms with Crippen molar-refractivity contribution in [1.29, 1.82) is 0 Å². The van der Waals surface area contributed by atoms with E-state index in [0.29, 0.717) is 17.4 Å². The standard InChI is InChI=1S/C22H26BrN3O5S/c1-4-8-31-22(29)26-7-5-6-19(30-2)18(26)9-14(27)12-25-13-24-17-11-16(23)20(32-3)10-15(17)21(25)28/h4,10-11,13,18-19H,1,5-9,12H2,2-3H3/t18-,19+/m0/s1. The number of rotatable bonds is 8. The van der Waals surface area contributed by atoms with E-state index < -0.39 is 12.1 Å². The number of ether oxygens (including phenoxy) is 2. The van der Waals surface area contributed by atoms with Gasteiger partial charge in [0.2, 0.25) is 0 Å². The Hall–Kier alpha value is -2.17. The molecule has 0 saturated carbocycles. The number of piperidine rings is 1. The number of likely N-dealkylation sites (tertiary alicyclic amines) is 1. The minimum Gasteiger partial charge on any atom is -0.445 e. The third-order valence-electron chi connectivity index (χ3n) is 5.46. The predicted molar refractivity (Wildman–Crippen MR) is 127 cm³/mol. The van der Waals surface area contributed by atoms with Gasteiger partial charge >= 0.3 is 6.09 Å². The van der Waals surface area contributed by atoms with E-state index in [4.69, 9.17) is 9.47 Å². The first kappa shape index (κ1) is 24.5. The highest BCUT2D eigenvalue weighted by Gasteiger charge is 2.36. The van der Waals surface area contributed by atoms with Crippen molar-refractivity contribution in [3.8, 4) is 0 Å². The van der Waals surface area contributed by atoms with Crippen molar-refractivity contribution in [2.24, 2.45) is 0 Å². The van der Waals surface area contributed by atoms with Crippen molar-refractivity contribution in [3.05, 3.63) is 45.9 Å². The monoisotopic (exact) mass is 523 g/mol. The molecule has 1 aliphatic rings. The van der Waals surface area contributed by atoms with Crippen LogP contribution in [0.1, 0.15) is 19.3 Å². The van der Waals surface area contributed by atoms with Gasteiger partial charge in [-0.2, -0.15) is 0 Å². The molecule has 0 unspecified atom stereocenters. The largest absolute Gasteiger partial charge is 0.445 e. The summed E-state index contributed by atoms with van der Waals surface area (Å²) in [6.07, 6.45) is 5.59. The summed E-state index contributed by atoms with van der Waals surface area (Å²) in [5.74, 6) is -0.189. The van der Waals surface area contributed by atoms with Crippen LogP contribution in [0, 0.1) is 0 Å². The summed E-state index contributed by atoms with van der Waals surface area (Å²) in [6.45, 7) is 4.00. The molecule has 1 aromatic carbocycles. The number of aromatic nitrogens is 2. The molecule has 0 bridgehead atoms. The van der Waals surface area contributed by atoms with Crippen LogP contribution in [0.4, 0.5) is 4.79 Å². The van der Waals surface area contributed by atoms with Gasteiger partial charge in [0, 0.05) is 29.4 Å². The van der Waals surface area contributed by atoms with Crippen molar-refractivity contribution in [3.63, 3.8) is 0 Å². The van der Waals surface area contributed by atoms with E-state index in [-0.39, 0.29) is 37.0 Å². The van der Waals surface area contributed by atoms with Crippen LogP contribution >= 0.6 is 27.7 Å². The lowest BCUT2D eigenvalue weighted by atomic mass is 9.94. The Morgan fingerprint density at radius 2 is 2.19 bits per heavy atom. The average Bonchev–Trinajstić information content (AvgIpc) is 2.79. The number of amides is 1. The van der Waals surface area contributed by atoms with Gasteiger partial charge in [0.15, 0.2) is 5.78 Å². The molecule has 2 atom stereocenters. The summed E-state index contributed by atoms with van der Waals surface area (Å²) >= 11 is 4.99. The molecule has 0 radical (unpaired) electrons. The van der Waals surface area contributed by atoms with Crippen molar-refractivity contribution in [2.75, 3.05) is 26.5 Å². The highest BCUT2D eigenvalue weighted by atomic mass is 79.9. The Bertz CT molecular complexity index is 1070. The van der Waals surface area contributed by atoms with Crippen LogP contribution in [0.15, 0.2) is 45.3 Å². The van der Waals surface area contributed by atoms with Gasteiger partial charge in [-0.15, -0.1) is 11.8 Å². The molecule has 1 aromatic heterocycles. The third-order valence-corrected chi connectivity index (χ3v) is 7.16. The second-order valence-electron chi connectivity index (χ2n) is 7.47. The number of Topliss-reactive ketones (excluding diaryl/α,β-unsaturated/α-hetero) is 1. The molecule has 0 N–H and O–H groups in total. The van der Waals surface area contributed by atoms with Gasteiger partial charge in [-0.3, -0.25) is 14.2 Å². The van der Waals surface area contributed by atoms with Crippen molar-refractivity contribution < 1.29 is 19.1 Å². The summed E-state index contributed by atoms with van der Waals surface area (Å²) in [5.41, 5.74) is 0.284. The lowest BCUT2D eigenvalue weighted by Crippen LogP contribution is -2.53. The van der Waals surface area contributed by atoms with Gasteiger partial charge in [-0.25, -0.2) is 9.78 Å². The average molecular weight is 524 g/mol. The molecular formula is C22H26BrN3O5S. The van der Waals surface area contributed by atoms with Crippen LogP contribution in [0.5, 0.6) is 0 Å². The van der Waals surface area contributed by atoms with Crippen LogP contribution < -0.4 is 5.56 Å². The smallest absolute Gasteiger partial charge is 0.410 e. The summed E-state index contributed by atoms with van der Waals surface area (Å²) in [5, 5.41) is 0.454. The lowest BCUT2D eigenvalue weighted by Gasteiger charge is -2.39. The number of halogens is 1. The van der Waals surface area contributed by atoms with Gasteiger partial charge in [-0.05, 0) is 47.2 Å². The third kappa shape index (κ3) is 5.41. The first-order valence-corrected chi connectivity index (χ1v) is 12.2. The number of carbonyl (C=O) groups is 2. The number of hydrogen-bond donors (Lipinski definition) is 0. The maximum absolute atomic E-state index is 13.0. The Labute approximate surface area is 199 Å². The first-order valence-electron chi connectivity index (χ1n) is 10.2. The van der Waals surface area contributed by atoms with Crippen LogP contribution in [-0.4, -0.2) is 65.0 Å². The summed E-state index contributed by atoms with van der Waals surface area (Å²) < 4.78 is 12.9. The van der Waals surface area contributed by atoms with Crippen molar-refractivity contribution >= 4 is 50.5 Å². The van der Waals surface area contributed by atoms with Crippen LogP contribution in [-0.2, 0) is 20.8 Å².